The molecule has 0 bridgehead atoms. The van der Waals surface area contributed by atoms with Crippen LogP contribution in [0.2, 0.25) is 0 Å². The van der Waals surface area contributed by atoms with Crippen LogP contribution in [0.4, 0.5) is 5.82 Å². The molecular formula is C33H43N5O3. The molecule has 1 amide bonds. The molecule has 8 heteroatoms. The van der Waals surface area contributed by atoms with E-state index < -0.39 is 6.10 Å². The molecule has 0 fully saturated rings. The monoisotopic (exact) mass is 557 g/mol. The van der Waals surface area contributed by atoms with Gasteiger partial charge in [-0.2, -0.15) is 0 Å². The summed E-state index contributed by atoms with van der Waals surface area (Å²) in [7, 11) is 0. The first kappa shape index (κ1) is 29.9. The van der Waals surface area contributed by atoms with Crippen molar-refractivity contribution in [3.05, 3.63) is 94.3 Å². The van der Waals surface area contributed by atoms with Gasteiger partial charge in [0.15, 0.2) is 17.6 Å². The average molecular weight is 558 g/mol. The van der Waals surface area contributed by atoms with Crippen LogP contribution in [0.5, 0.6) is 5.75 Å². The van der Waals surface area contributed by atoms with Crippen molar-refractivity contribution in [3.8, 4) is 11.4 Å². The normalized spacial score (nSPS) is 12.8. The molecule has 1 atom stereocenters. The fourth-order valence-electron chi connectivity index (χ4n) is 4.73. The number of imidazole rings is 1. The van der Waals surface area contributed by atoms with Crippen LogP contribution in [0.3, 0.4) is 0 Å². The van der Waals surface area contributed by atoms with Gasteiger partial charge in [-0.15, -0.1) is 0 Å². The third-order valence-corrected chi connectivity index (χ3v) is 8.32. The van der Waals surface area contributed by atoms with Crippen LogP contribution in [0.25, 0.3) is 5.69 Å². The van der Waals surface area contributed by atoms with Crippen molar-refractivity contribution in [2.45, 2.75) is 91.2 Å². The van der Waals surface area contributed by atoms with E-state index in [1.54, 1.807) is 23.3 Å². The Morgan fingerprint density at radius 1 is 1.02 bits per heavy atom. The van der Waals surface area contributed by atoms with E-state index in [1.807, 2.05) is 43.3 Å². The molecule has 0 aliphatic heterocycles. The molecule has 0 aliphatic rings. The molecule has 4 rings (SSSR count). The van der Waals surface area contributed by atoms with Gasteiger partial charge < -0.3 is 10.1 Å². The molecule has 0 spiro atoms. The quantitative estimate of drug-likeness (QED) is 0.206. The Hall–Kier alpha value is -4.07. The first-order chi connectivity index (χ1) is 19.5. The Bertz CT molecular complexity index is 1510. The summed E-state index contributed by atoms with van der Waals surface area (Å²) in [4.78, 5) is 31.2. The Balaban J connectivity index is 1.66. The van der Waals surface area contributed by atoms with Crippen molar-refractivity contribution in [1.29, 1.82) is 0 Å². The summed E-state index contributed by atoms with van der Waals surface area (Å²) in [6, 6.07) is 16.0. The Labute approximate surface area is 242 Å². The summed E-state index contributed by atoms with van der Waals surface area (Å²) in [5.41, 5.74) is 3.22. The number of amides is 1. The molecule has 4 aromatic rings. The van der Waals surface area contributed by atoms with Crippen molar-refractivity contribution in [2.24, 2.45) is 0 Å². The zero-order valence-corrected chi connectivity index (χ0v) is 25.3. The predicted molar refractivity (Wildman–Crippen MR) is 164 cm³/mol. The molecule has 0 saturated carbocycles. The predicted octanol–water partition coefficient (Wildman–Crippen LogP) is 6.58. The molecule has 2 N–H and O–H groups in total. The van der Waals surface area contributed by atoms with Crippen LogP contribution in [-0.4, -0.2) is 31.3 Å². The average Bonchev–Trinajstić information content (AvgIpc) is 3.59. The molecule has 0 radical (unpaired) electrons. The molecule has 2 heterocycles. The SMILES string of the molecule is CCC(Oc1ccc(C(C)(C)CC)cc1C(C)(C)CC)C(=O)Nc1[nH]n(Cc2ccccc2)c(=O)c1-n1ccnc1. The van der Waals surface area contributed by atoms with Crippen LogP contribution >= 0.6 is 0 Å². The van der Waals surface area contributed by atoms with E-state index in [1.165, 1.54) is 10.2 Å². The van der Waals surface area contributed by atoms with E-state index in [2.05, 4.69) is 69.1 Å². The number of carbonyl (C=O) groups excluding carboxylic acids is 1. The molecule has 1 unspecified atom stereocenters. The van der Waals surface area contributed by atoms with Gasteiger partial charge in [0.1, 0.15) is 5.75 Å². The van der Waals surface area contributed by atoms with Gasteiger partial charge in [0.05, 0.1) is 12.9 Å². The Morgan fingerprint density at radius 3 is 2.34 bits per heavy atom. The van der Waals surface area contributed by atoms with E-state index in [9.17, 15) is 9.59 Å². The summed E-state index contributed by atoms with van der Waals surface area (Å²) < 4.78 is 9.54. The van der Waals surface area contributed by atoms with Crippen molar-refractivity contribution < 1.29 is 9.53 Å². The third kappa shape index (κ3) is 6.47. The molecular weight excluding hydrogens is 514 g/mol. The maximum Gasteiger partial charge on any atom is 0.293 e. The number of nitrogens with zero attached hydrogens (tertiary/aromatic N) is 3. The van der Waals surface area contributed by atoms with Gasteiger partial charge in [-0.05, 0) is 47.3 Å². The second-order valence-corrected chi connectivity index (χ2v) is 11.9. The molecule has 8 nitrogen and oxygen atoms in total. The highest BCUT2D eigenvalue weighted by Crippen LogP contribution is 2.39. The van der Waals surface area contributed by atoms with Crippen molar-refractivity contribution in [2.75, 3.05) is 5.32 Å². The number of carbonyl (C=O) groups is 1. The van der Waals surface area contributed by atoms with Crippen LogP contribution in [0.1, 0.15) is 84.4 Å². The highest BCUT2D eigenvalue weighted by Gasteiger charge is 2.29. The minimum absolute atomic E-state index is 0.0289. The van der Waals surface area contributed by atoms with Crippen molar-refractivity contribution in [1.82, 2.24) is 19.3 Å². The summed E-state index contributed by atoms with van der Waals surface area (Å²) >= 11 is 0. The number of aromatic nitrogens is 4. The first-order valence-corrected chi connectivity index (χ1v) is 14.5. The number of hydrogen-bond donors (Lipinski definition) is 2. The van der Waals surface area contributed by atoms with Gasteiger partial charge in [0.2, 0.25) is 0 Å². The summed E-state index contributed by atoms with van der Waals surface area (Å²) in [6.45, 7) is 15.5. The summed E-state index contributed by atoms with van der Waals surface area (Å²) in [5, 5.41) is 6.05. The Morgan fingerprint density at radius 2 is 1.73 bits per heavy atom. The van der Waals surface area contributed by atoms with E-state index in [0.717, 1.165) is 24.0 Å². The van der Waals surface area contributed by atoms with Crippen LogP contribution in [0, 0.1) is 0 Å². The van der Waals surface area contributed by atoms with Crippen molar-refractivity contribution in [3.63, 3.8) is 0 Å². The van der Waals surface area contributed by atoms with Gasteiger partial charge in [0, 0.05) is 18.0 Å². The minimum Gasteiger partial charge on any atom is -0.480 e. The van der Waals surface area contributed by atoms with Gasteiger partial charge >= 0.3 is 0 Å². The van der Waals surface area contributed by atoms with E-state index in [-0.39, 0.29) is 22.3 Å². The fourth-order valence-corrected chi connectivity index (χ4v) is 4.73. The number of ether oxygens (including phenoxy) is 1. The third-order valence-electron chi connectivity index (χ3n) is 8.32. The first-order valence-electron chi connectivity index (χ1n) is 14.5. The second-order valence-electron chi connectivity index (χ2n) is 11.9. The Kier molecular flexibility index (Phi) is 8.90. The molecule has 0 aliphatic carbocycles. The van der Waals surface area contributed by atoms with Crippen LogP contribution in [-0.2, 0) is 22.2 Å². The lowest BCUT2D eigenvalue weighted by Crippen LogP contribution is -2.34. The van der Waals surface area contributed by atoms with Crippen LogP contribution < -0.4 is 15.6 Å². The number of benzene rings is 2. The molecule has 2 aromatic heterocycles. The zero-order chi connectivity index (χ0) is 29.8. The smallest absolute Gasteiger partial charge is 0.293 e. The topological polar surface area (TPSA) is 93.9 Å². The van der Waals surface area contributed by atoms with Gasteiger partial charge in [-0.25, -0.2) is 9.67 Å². The minimum atomic E-state index is -0.761. The fraction of sp³-hybridized carbons (Fsp3) is 0.424. The summed E-state index contributed by atoms with van der Waals surface area (Å²) in [5.74, 6) is 0.671. The number of hydrogen-bond acceptors (Lipinski definition) is 4. The lowest BCUT2D eigenvalue weighted by Gasteiger charge is -2.31. The molecule has 41 heavy (non-hydrogen) atoms. The zero-order valence-electron chi connectivity index (χ0n) is 25.3. The number of aromatic amines is 1. The van der Waals surface area contributed by atoms with E-state index >= 15 is 0 Å². The lowest BCUT2D eigenvalue weighted by atomic mass is 9.76. The lowest BCUT2D eigenvalue weighted by molar-refractivity contribution is -0.122. The van der Waals surface area contributed by atoms with Crippen LogP contribution in [0.15, 0.2) is 72.0 Å². The highest BCUT2D eigenvalue weighted by molar-refractivity contribution is 5.95. The number of H-pyrrole nitrogens is 1. The molecule has 218 valence electrons. The maximum absolute atomic E-state index is 13.7. The van der Waals surface area contributed by atoms with Gasteiger partial charge in [0.25, 0.3) is 11.5 Å². The molecule has 2 aromatic carbocycles. The highest BCUT2D eigenvalue weighted by atomic mass is 16.5. The standard InChI is InChI=1S/C33H43N5O3/c1-8-26(41-27-17-16-24(32(4,5)9-2)20-25(27)33(6,7)10-3)30(39)35-29-28(37-19-18-34-22-37)31(40)38(36-29)21-23-14-12-11-13-15-23/h11-20,22,26,36H,8-10,21H2,1-7H3,(H,35,39). The largest absolute Gasteiger partial charge is 0.480 e. The second kappa shape index (κ2) is 12.2. The maximum atomic E-state index is 13.7. The molecule has 0 saturated heterocycles. The van der Waals surface area contributed by atoms with E-state index in [4.69, 9.17) is 4.74 Å². The number of nitrogens with one attached hydrogen (secondary N) is 2. The van der Waals surface area contributed by atoms with Gasteiger partial charge in [-0.1, -0.05) is 90.9 Å². The summed E-state index contributed by atoms with van der Waals surface area (Å²) in [6.07, 6.45) is 6.45. The van der Waals surface area contributed by atoms with E-state index in [0.29, 0.717) is 30.2 Å². The van der Waals surface area contributed by atoms with Crippen molar-refractivity contribution >= 4 is 11.7 Å². The van der Waals surface area contributed by atoms with Gasteiger partial charge in [-0.3, -0.25) is 19.3 Å². The number of rotatable bonds is 12. The number of anilines is 1.